The van der Waals surface area contributed by atoms with E-state index in [-0.39, 0.29) is 23.7 Å². The highest BCUT2D eigenvalue weighted by Crippen LogP contribution is 2.26. The smallest absolute Gasteiger partial charge is 0.228 e. The first-order chi connectivity index (χ1) is 9.12. The molecule has 1 aromatic heterocycles. The lowest BCUT2D eigenvalue weighted by molar-refractivity contribution is 0.103. The summed E-state index contributed by atoms with van der Waals surface area (Å²) in [5, 5.41) is 7.08. The van der Waals surface area contributed by atoms with Crippen LogP contribution in [-0.4, -0.2) is 49.3 Å². The Kier molecular flexibility index (Phi) is 3.55. The number of sulfone groups is 1. The summed E-state index contributed by atoms with van der Waals surface area (Å²) in [7, 11) is -2.94. The van der Waals surface area contributed by atoms with Crippen LogP contribution >= 0.6 is 0 Å². The van der Waals surface area contributed by atoms with Gasteiger partial charge < -0.3 is 14.6 Å². The Morgan fingerprint density at radius 1 is 1.42 bits per heavy atom. The van der Waals surface area contributed by atoms with E-state index in [0.717, 1.165) is 19.4 Å². The first-order valence-corrected chi connectivity index (χ1v) is 8.32. The van der Waals surface area contributed by atoms with Crippen molar-refractivity contribution < 1.29 is 17.7 Å². The van der Waals surface area contributed by atoms with Crippen LogP contribution in [0, 0.1) is 0 Å². The van der Waals surface area contributed by atoms with E-state index in [1.54, 1.807) is 0 Å². The molecule has 0 bridgehead atoms. The van der Waals surface area contributed by atoms with Gasteiger partial charge in [-0.1, -0.05) is 5.16 Å². The van der Waals surface area contributed by atoms with Crippen LogP contribution in [0.25, 0.3) is 0 Å². The summed E-state index contributed by atoms with van der Waals surface area (Å²) in [5.41, 5.74) is 0. The monoisotopic (exact) mass is 287 g/mol. The Bertz CT molecular complexity index is 536. The van der Waals surface area contributed by atoms with Crippen molar-refractivity contribution in [2.24, 2.45) is 0 Å². The van der Waals surface area contributed by atoms with Gasteiger partial charge in [0.1, 0.15) is 6.10 Å². The average Bonchev–Trinajstić information content (AvgIpc) is 2.96. The lowest BCUT2D eigenvalue weighted by Crippen LogP contribution is -2.46. The van der Waals surface area contributed by atoms with Crippen LogP contribution in [0.5, 0.6) is 0 Å². The van der Waals surface area contributed by atoms with Crippen LogP contribution in [0.2, 0.25) is 0 Å². The lowest BCUT2D eigenvalue weighted by atomic mass is 10.2. The van der Waals surface area contributed by atoms with Crippen molar-refractivity contribution in [3.05, 3.63) is 11.7 Å². The van der Waals surface area contributed by atoms with Gasteiger partial charge in [0.15, 0.2) is 9.84 Å². The number of nitrogens with zero attached hydrogens (tertiary/aromatic N) is 2. The molecule has 2 saturated heterocycles. The molecule has 0 saturated carbocycles. The second-order valence-electron chi connectivity index (χ2n) is 5.02. The molecule has 8 heteroatoms. The zero-order chi connectivity index (χ0) is 13.3. The van der Waals surface area contributed by atoms with Crippen LogP contribution in [-0.2, 0) is 21.0 Å². The zero-order valence-corrected chi connectivity index (χ0v) is 11.4. The number of hydrogen-bond acceptors (Lipinski definition) is 7. The maximum absolute atomic E-state index is 11.5. The third kappa shape index (κ3) is 3.13. The van der Waals surface area contributed by atoms with E-state index in [9.17, 15) is 8.42 Å². The van der Waals surface area contributed by atoms with Gasteiger partial charge in [-0.2, -0.15) is 4.98 Å². The van der Waals surface area contributed by atoms with Crippen molar-refractivity contribution in [1.29, 1.82) is 0 Å². The molecule has 106 valence electrons. The fourth-order valence-electron chi connectivity index (χ4n) is 2.47. The molecule has 1 aromatic rings. The summed E-state index contributed by atoms with van der Waals surface area (Å²) in [4.78, 5) is 4.30. The predicted octanol–water partition coefficient (Wildman–Crippen LogP) is -0.150. The van der Waals surface area contributed by atoms with E-state index in [4.69, 9.17) is 9.26 Å². The Balaban J connectivity index is 1.63. The molecule has 2 aliphatic heterocycles. The van der Waals surface area contributed by atoms with Crippen LogP contribution in [0.4, 0.5) is 0 Å². The second kappa shape index (κ2) is 5.18. The van der Waals surface area contributed by atoms with E-state index < -0.39 is 9.84 Å². The van der Waals surface area contributed by atoms with Crippen molar-refractivity contribution in [1.82, 2.24) is 15.5 Å². The fraction of sp³-hybridized carbons (Fsp3) is 0.818. The highest BCUT2D eigenvalue weighted by Gasteiger charge is 2.27. The first kappa shape index (κ1) is 13.0. The van der Waals surface area contributed by atoms with Crippen molar-refractivity contribution in [2.75, 3.05) is 24.7 Å². The topological polar surface area (TPSA) is 94.3 Å². The summed E-state index contributed by atoms with van der Waals surface area (Å²) in [5.74, 6) is 1.38. The Morgan fingerprint density at radius 2 is 2.32 bits per heavy atom. The average molecular weight is 287 g/mol. The minimum absolute atomic E-state index is 0.0689. The van der Waals surface area contributed by atoms with Crippen molar-refractivity contribution in [3.63, 3.8) is 0 Å². The van der Waals surface area contributed by atoms with Crippen LogP contribution in [0.3, 0.4) is 0 Å². The summed E-state index contributed by atoms with van der Waals surface area (Å²) in [6.45, 7) is 1.22. The molecule has 19 heavy (non-hydrogen) atoms. The molecule has 1 N–H and O–H groups in total. The summed E-state index contributed by atoms with van der Waals surface area (Å²) in [6.07, 6.45) is 2.30. The van der Waals surface area contributed by atoms with Crippen LogP contribution < -0.4 is 5.32 Å². The third-order valence-corrected chi connectivity index (χ3v) is 5.16. The molecule has 0 radical (unpaired) electrons. The Hall–Kier alpha value is -0.990. The maximum atomic E-state index is 11.5. The zero-order valence-electron chi connectivity index (χ0n) is 10.5. The van der Waals surface area contributed by atoms with Gasteiger partial charge in [-0.05, 0) is 12.8 Å². The minimum Gasteiger partial charge on any atom is -0.370 e. The van der Waals surface area contributed by atoms with E-state index in [1.807, 2.05) is 0 Å². The molecule has 0 spiro atoms. The normalized spacial score (nSPS) is 30.5. The maximum Gasteiger partial charge on any atom is 0.228 e. The molecule has 0 aromatic carbocycles. The van der Waals surface area contributed by atoms with Gasteiger partial charge >= 0.3 is 0 Å². The number of ether oxygens (including phenoxy) is 1. The van der Waals surface area contributed by atoms with E-state index in [0.29, 0.717) is 24.7 Å². The number of hydrogen-bond donors (Lipinski definition) is 1. The van der Waals surface area contributed by atoms with Crippen molar-refractivity contribution in [3.8, 4) is 0 Å². The fourth-order valence-corrected chi connectivity index (χ4v) is 3.92. The van der Waals surface area contributed by atoms with Crippen LogP contribution in [0.1, 0.15) is 30.7 Å². The van der Waals surface area contributed by atoms with Gasteiger partial charge in [0.05, 0.1) is 11.5 Å². The molecule has 2 aliphatic rings. The second-order valence-corrected chi connectivity index (χ2v) is 7.25. The first-order valence-electron chi connectivity index (χ1n) is 6.50. The van der Waals surface area contributed by atoms with Gasteiger partial charge in [0.2, 0.25) is 11.7 Å². The third-order valence-electron chi connectivity index (χ3n) is 3.42. The van der Waals surface area contributed by atoms with E-state index in [1.165, 1.54) is 0 Å². The Labute approximate surface area is 111 Å². The van der Waals surface area contributed by atoms with Crippen molar-refractivity contribution in [2.45, 2.75) is 31.4 Å². The van der Waals surface area contributed by atoms with Gasteiger partial charge in [0, 0.05) is 25.6 Å². The highest BCUT2D eigenvalue weighted by atomic mass is 32.2. The predicted molar refractivity (Wildman–Crippen MR) is 66.4 cm³/mol. The summed E-state index contributed by atoms with van der Waals surface area (Å²) >= 11 is 0. The number of aromatic nitrogens is 2. The Morgan fingerprint density at radius 3 is 3.05 bits per heavy atom. The molecular weight excluding hydrogens is 270 g/mol. The summed E-state index contributed by atoms with van der Waals surface area (Å²) in [6, 6.07) is -0.142. The van der Waals surface area contributed by atoms with Gasteiger partial charge in [-0.3, -0.25) is 0 Å². The van der Waals surface area contributed by atoms with Crippen molar-refractivity contribution >= 4 is 9.84 Å². The molecule has 2 fully saturated rings. The number of nitrogens with one attached hydrogen (secondary N) is 1. The standard InChI is InChI=1S/C11H17N3O4S/c15-19(16)5-3-12-8(7-19)6-10-13-11(14-18-10)9-2-1-4-17-9/h8-9,12H,1-7H2. The molecule has 3 heterocycles. The molecular formula is C11H17N3O4S. The molecule has 2 atom stereocenters. The van der Waals surface area contributed by atoms with Gasteiger partial charge in [-0.25, -0.2) is 8.42 Å². The SMILES string of the molecule is O=S1(=O)CCNC(Cc2nc(C3CCCO3)no2)C1. The summed E-state index contributed by atoms with van der Waals surface area (Å²) < 4.78 is 33.7. The van der Waals surface area contributed by atoms with E-state index in [2.05, 4.69) is 15.5 Å². The molecule has 0 amide bonds. The van der Waals surface area contributed by atoms with E-state index >= 15 is 0 Å². The highest BCUT2D eigenvalue weighted by molar-refractivity contribution is 7.91. The van der Waals surface area contributed by atoms with Crippen LogP contribution in [0.15, 0.2) is 4.52 Å². The molecule has 3 rings (SSSR count). The largest absolute Gasteiger partial charge is 0.370 e. The quantitative estimate of drug-likeness (QED) is 0.826. The lowest BCUT2D eigenvalue weighted by Gasteiger charge is -2.21. The van der Waals surface area contributed by atoms with Gasteiger partial charge in [0.25, 0.3) is 0 Å². The molecule has 2 unspecified atom stereocenters. The molecule has 7 nitrogen and oxygen atoms in total. The number of rotatable bonds is 3. The molecule has 0 aliphatic carbocycles. The minimum atomic E-state index is -2.94. The van der Waals surface area contributed by atoms with Gasteiger partial charge in [-0.15, -0.1) is 0 Å².